The summed E-state index contributed by atoms with van der Waals surface area (Å²) >= 11 is 0. The Bertz CT molecular complexity index is 1640. The Labute approximate surface area is 435 Å². The maximum atomic E-state index is 12.9. The lowest BCUT2D eigenvalue weighted by molar-refractivity contribution is -0.167. The van der Waals surface area contributed by atoms with Crippen LogP contribution in [0.2, 0.25) is 0 Å². The molecular formula is C65H100O6. The fourth-order valence-corrected chi connectivity index (χ4v) is 6.85. The molecule has 0 radical (unpaired) electrons. The summed E-state index contributed by atoms with van der Waals surface area (Å²) in [6, 6.07) is 0. The van der Waals surface area contributed by atoms with Gasteiger partial charge in [0, 0.05) is 19.3 Å². The SMILES string of the molecule is CC/C=C\C/C=C\C/C=C\C/C=C\C/C=C\CCCCCC(=O)OC[C@@H](COC(=O)CCCC/C=C\C/C=C\C/C=C\C/C=C\CC)OC(=O)CCCCC/C=C\C/C=C\C/C=C\C/C=C\CCCCC. The average molecular weight is 978 g/mol. The minimum atomic E-state index is -0.834. The van der Waals surface area contributed by atoms with Crippen molar-refractivity contribution in [2.75, 3.05) is 13.2 Å². The van der Waals surface area contributed by atoms with Gasteiger partial charge < -0.3 is 14.2 Å². The monoisotopic (exact) mass is 977 g/mol. The van der Waals surface area contributed by atoms with Gasteiger partial charge in [-0.25, -0.2) is 0 Å². The normalized spacial score (nSPS) is 13.3. The molecule has 0 amide bonds. The van der Waals surface area contributed by atoms with Crippen molar-refractivity contribution >= 4 is 17.9 Å². The molecule has 1 atom stereocenters. The van der Waals surface area contributed by atoms with E-state index in [9.17, 15) is 14.4 Å². The lowest BCUT2D eigenvalue weighted by Gasteiger charge is -2.18. The van der Waals surface area contributed by atoms with E-state index >= 15 is 0 Å². The van der Waals surface area contributed by atoms with Crippen molar-refractivity contribution in [3.8, 4) is 0 Å². The minimum absolute atomic E-state index is 0.129. The number of carbonyl (C=O) groups excluding carboxylic acids is 3. The van der Waals surface area contributed by atoms with Crippen LogP contribution in [-0.2, 0) is 28.6 Å². The summed E-state index contributed by atoms with van der Waals surface area (Å²) in [5.74, 6) is -1.04. The van der Waals surface area contributed by atoms with Crippen molar-refractivity contribution in [2.45, 2.75) is 219 Å². The van der Waals surface area contributed by atoms with Gasteiger partial charge in [-0.05, 0) is 148 Å². The highest BCUT2D eigenvalue weighted by Gasteiger charge is 2.19. The number of allylic oxidation sites excluding steroid dienone is 26. The van der Waals surface area contributed by atoms with E-state index < -0.39 is 6.10 Å². The number of esters is 3. The zero-order valence-electron chi connectivity index (χ0n) is 45.2. The van der Waals surface area contributed by atoms with Gasteiger partial charge in [0.1, 0.15) is 13.2 Å². The van der Waals surface area contributed by atoms with Crippen LogP contribution in [0.3, 0.4) is 0 Å². The Morgan fingerprint density at radius 3 is 0.859 bits per heavy atom. The van der Waals surface area contributed by atoms with E-state index in [4.69, 9.17) is 14.2 Å². The molecule has 0 aromatic heterocycles. The number of hydrogen-bond donors (Lipinski definition) is 0. The topological polar surface area (TPSA) is 78.9 Å². The first-order valence-corrected chi connectivity index (χ1v) is 28.0. The van der Waals surface area contributed by atoms with Crippen LogP contribution in [0.1, 0.15) is 213 Å². The minimum Gasteiger partial charge on any atom is -0.462 e. The molecule has 6 heteroatoms. The van der Waals surface area contributed by atoms with E-state index in [0.717, 1.165) is 135 Å². The van der Waals surface area contributed by atoms with Gasteiger partial charge >= 0.3 is 17.9 Å². The van der Waals surface area contributed by atoms with Crippen LogP contribution in [0.25, 0.3) is 0 Å². The summed E-state index contributed by atoms with van der Waals surface area (Å²) in [4.78, 5) is 38.1. The van der Waals surface area contributed by atoms with Crippen molar-refractivity contribution < 1.29 is 28.6 Å². The van der Waals surface area contributed by atoms with E-state index in [0.29, 0.717) is 19.3 Å². The molecule has 0 rings (SSSR count). The first kappa shape index (κ1) is 66.0. The van der Waals surface area contributed by atoms with Crippen molar-refractivity contribution in [1.82, 2.24) is 0 Å². The van der Waals surface area contributed by atoms with Gasteiger partial charge in [0.15, 0.2) is 6.10 Å². The van der Waals surface area contributed by atoms with Crippen LogP contribution in [0.15, 0.2) is 158 Å². The van der Waals surface area contributed by atoms with Crippen LogP contribution in [0.5, 0.6) is 0 Å². The van der Waals surface area contributed by atoms with Gasteiger partial charge in [-0.15, -0.1) is 0 Å². The summed E-state index contributed by atoms with van der Waals surface area (Å²) in [5.41, 5.74) is 0. The lowest BCUT2D eigenvalue weighted by Crippen LogP contribution is -2.30. The Morgan fingerprint density at radius 1 is 0.296 bits per heavy atom. The zero-order chi connectivity index (χ0) is 51.4. The maximum absolute atomic E-state index is 12.9. The van der Waals surface area contributed by atoms with E-state index in [1.165, 1.54) is 25.7 Å². The maximum Gasteiger partial charge on any atom is 0.306 e. The van der Waals surface area contributed by atoms with Crippen LogP contribution in [-0.4, -0.2) is 37.2 Å². The predicted molar refractivity (Wildman–Crippen MR) is 306 cm³/mol. The van der Waals surface area contributed by atoms with Crippen LogP contribution < -0.4 is 0 Å². The van der Waals surface area contributed by atoms with Gasteiger partial charge in [-0.2, -0.15) is 0 Å². The second-order valence-electron chi connectivity index (χ2n) is 17.7. The number of unbranched alkanes of at least 4 members (excludes halogenated alkanes) is 11. The highest BCUT2D eigenvalue weighted by Crippen LogP contribution is 2.11. The molecule has 71 heavy (non-hydrogen) atoms. The molecule has 0 aromatic carbocycles. The summed E-state index contributed by atoms with van der Waals surface area (Å²) in [7, 11) is 0. The second kappa shape index (κ2) is 57.6. The molecule has 0 saturated heterocycles. The van der Waals surface area contributed by atoms with Crippen molar-refractivity contribution in [3.05, 3.63) is 158 Å². The smallest absolute Gasteiger partial charge is 0.306 e. The summed E-state index contributed by atoms with van der Waals surface area (Å²) in [6.07, 6.45) is 83.7. The van der Waals surface area contributed by atoms with Crippen molar-refractivity contribution in [1.29, 1.82) is 0 Å². The van der Waals surface area contributed by atoms with Gasteiger partial charge in [-0.1, -0.05) is 204 Å². The Balaban J connectivity index is 4.61. The molecule has 0 fully saturated rings. The molecule has 0 aliphatic carbocycles. The summed E-state index contributed by atoms with van der Waals surface area (Å²) < 4.78 is 16.8. The van der Waals surface area contributed by atoms with Crippen LogP contribution >= 0.6 is 0 Å². The Hall–Kier alpha value is -4.97. The van der Waals surface area contributed by atoms with E-state index in [1.807, 2.05) is 0 Å². The first-order chi connectivity index (χ1) is 35.0. The first-order valence-electron chi connectivity index (χ1n) is 28.0. The molecule has 0 unspecified atom stereocenters. The number of rotatable bonds is 48. The number of carbonyl (C=O) groups is 3. The number of hydrogen-bond acceptors (Lipinski definition) is 6. The Morgan fingerprint density at radius 2 is 0.549 bits per heavy atom. The molecule has 0 aliphatic rings. The third-order valence-electron chi connectivity index (χ3n) is 11.0. The molecular weight excluding hydrogens is 877 g/mol. The summed E-state index contributed by atoms with van der Waals surface area (Å²) in [6.45, 7) is 6.27. The average Bonchev–Trinajstić information content (AvgIpc) is 3.37. The fourth-order valence-electron chi connectivity index (χ4n) is 6.85. The standard InChI is InChI=1S/C65H100O6/c1-4-7-10-13-16-19-22-25-28-30-32-34-37-40-43-46-49-52-55-58-64(67)70-61-62(60-69-63(66)57-54-51-48-45-42-39-36-27-24-21-18-15-12-9-6-3)71-65(68)59-56-53-50-47-44-41-38-35-33-31-29-26-23-20-17-14-11-8-5-2/h7,9-10,12,16-21,25-29,32-36,40-45,62H,4-6,8,11,13-15,22-24,30-31,37-39,46-61H2,1-3H3/b10-7-,12-9-,19-16-,20-17-,21-18-,28-25-,29-26-,34-32-,35-33-,36-27-,43-40-,44-41-,45-42-/t62-/m1/s1. The zero-order valence-corrected chi connectivity index (χ0v) is 45.2. The second-order valence-corrected chi connectivity index (χ2v) is 17.7. The highest BCUT2D eigenvalue weighted by atomic mass is 16.6. The van der Waals surface area contributed by atoms with Crippen molar-refractivity contribution in [3.63, 3.8) is 0 Å². The largest absolute Gasteiger partial charge is 0.462 e. The summed E-state index contributed by atoms with van der Waals surface area (Å²) in [5, 5.41) is 0. The van der Waals surface area contributed by atoms with Gasteiger partial charge in [0.25, 0.3) is 0 Å². The van der Waals surface area contributed by atoms with E-state index in [2.05, 4.69) is 179 Å². The molecule has 0 heterocycles. The fraction of sp³-hybridized carbons (Fsp3) is 0.554. The van der Waals surface area contributed by atoms with Gasteiger partial charge in [-0.3, -0.25) is 14.4 Å². The molecule has 6 nitrogen and oxygen atoms in total. The van der Waals surface area contributed by atoms with E-state index in [1.54, 1.807) is 0 Å². The molecule has 0 spiro atoms. The predicted octanol–water partition coefficient (Wildman–Crippen LogP) is 19.0. The third-order valence-corrected chi connectivity index (χ3v) is 11.0. The lowest BCUT2D eigenvalue weighted by atomic mass is 10.1. The highest BCUT2D eigenvalue weighted by molar-refractivity contribution is 5.71. The molecule has 0 bridgehead atoms. The van der Waals surface area contributed by atoms with Gasteiger partial charge in [0.2, 0.25) is 0 Å². The van der Waals surface area contributed by atoms with Crippen molar-refractivity contribution in [2.24, 2.45) is 0 Å². The third kappa shape index (κ3) is 55.8. The Kier molecular flexibility index (Phi) is 53.6. The van der Waals surface area contributed by atoms with Gasteiger partial charge in [0.05, 0.1) is 0 Å². The number of ether oxygens (including phenoxy) is 3. The molecule has 0 aromatic rings. The van der Waals surface area contributed by atoms with Crippen LogP contribution in [0.4, 0.5) is 0 Å². The van der Waals surface area contributed by atoms with Crippen LogP contribution in [0, 0.1) is 0 Å². The molecule has 396 valence electrons. The molecule has 0 N–H and O–H groups in total. The van der Waals surface area contributed by atoms with E-state index in [-0.39, 0.29) is 44.0 Å². The quantitative estimate of drug-likeness (QED) is 0.0262. The molecule has 0 saturated carbocycles. The molecule has 0 aliphatic heterocycles.